The van der Waals surface area contributed by atoms with Crippen molar-refractivity contribution in [2.24, 2.45) is 0 Å². The second-order valence-corrected chi connectivity index (χ2v) is 23.3. The molecular weight excluding hydrogens is 1100 g/mol. The molecule has 0 aliphatic heterocycles. The van der Waals surface area contributed by atoms with Crippen molar-refractivity contribution >= 4 is 147 Å². The van der Waals surface area contributed by atoms with Gasteiger partial charge in [0.05, 0.1) is 42.3 Å². The highest BCUT2D eigenvalue weighted by Gasteiger charge is 2.15. The van der Waals surface area contributed by atoms with Gasteiger partial charge in [0.15, 0.2) is 0 Å². The van der Waals surface area contributed by atoms with E-state index < -0.39 is 0 Å². The Morgan fingerprint density at radius 1 is 0.306 bits per heavy atom. The number of carbonyl (C=O) groups excluding carboxylic acids is 1. The van der Waals surface area contributed by atoms with Crippen molar-refractivity contribution in [2.75, 3.05) is 7.11 Å². The number of carbonyl (C=O) groups is 1. The maximum absolute atomic E-state index is 12.0. The molecule has 0 amide bonds. The van der Waals surface area contributed by atoms with Crippen molar-refractivity contribution in [3.63, 3.8) is 0 Å². The molecule has 430 valence electrons. The zero-order valence-corrected chi connectivity index (χ0v) is 52.4. The summed E-state index contributed by atoms with van der Waals surface area (Å²) >= 11 is 3.78. The topological polar surface area (TPSA) is 104 Å². The van der Waals surface area contributed by atoms with Crippen LogP contribution in [0.2, 0.25) is 0 Å². The van der Waals surface area contributed by atoms with E-state index in [0.717, 1.165) is 178 Å². The summed E-state index contributed by atoms with van der Waals surface area (Å²) in [5.41, 5.74) is 27.3. The van der Waals surface area contributed by atoms with Crippen molar-refractivity contribution in [1.82, 2.24) is 26.2 Å². The van der Waals surface area contributed by atoms with Crippen LogP contribution in [0.3, 0.4) is 0 Å². The molecule has 3 aromatic heterocycles. The normalized spacial score (nSPS) is 12.3. The van der Waals surface area contributed by atoms with Crippen molar-refractivity contribution in [2.45, 2.75) is 119 Å². The fourth-order valence-electron chi connectivity index (χ4n) is 11.3. The Morgan fingerprint density at radius 3 is 0.765 bits per heavy atom. The number of rotatable bonds is 26. The fourth-order valence-corrected chi connectivity index (χ4v) is 13.1. The largest absolute Gasteiger partial charge is 0.497 e. The van der Waals surface area contributed by atoms with Gasteiger partial charge in [-0.1, -0.05) is 232 Å². The standard InChI is InChI=1S/C74H74N6O2S3/c1-8-14-56-43-63(57(15-9-2)42-62(56)35-30-51-25-24-50(69-70(51)76-83-75-69)23-20-49-21-40-68(82-7)41-22-49)36-31-52-26-27-53(72-71(52)77-84-78-72)32-37-64-44-59(17-11-4)65(45-58(64)16-10-3)38-33-54-28-29-55(74-73(54)79-85-80-74)34-39-66-46-61(19-13-6)67(48-81)47-60(66)18-12-5/h20-48H,8-19H2,1-7H3/b23-20+,35-30+,36-31+,37-32+,38-33+,39-34+. The van der Waals surface area contributed by atoms with Gasteiger partial charge < -0.3 is 4.74 Å². The maximum atomic E-state index is 12.0. The summed E-state index contributed by atoms with van der Waals surface area (Å²) < 4.78 is 34.1. The molecule has 0 unspecified atom stereocenters. The average molecular weight is 1180 g/mol. The number of aldehydes is 1. The number of hydrogen-bond acceptors (Lipinski definition) is 11. The fraction of sp³-hybridized carbons (Fsp3) is 0.257. The predicted octanol–water partition coefficient (Wildman–Crippen LogP) is 20.3. The summed E-state index contributed by atoms with van der Waals surface area (Å²) in [5, 5.41) is 0. The Bertz CT molecular complexity index is 4170. The Balaban J connectivity index is 0.883. The molecule has 85 heavy (non-hydrogen) atoms. The molecule has 3 heterocycles. The highest BCUT2D eigenvalue weighted by atomic mass is 32.1. The highest BCUT2D eigenvalue weighted by molar-refractivity contribution is 7.00. The van der Waals surface area contributed by atoms with Crippen molar-refractivity contribution in [3.8, 4) is 5.75 Å². The number of aromatic nitrogens is 6. The maximum Gasteiger partial charge on any atom is 0.150 e. The smallest absolute Gasteiger partial charge is 0.150 e. The van der Waals surface area contributed by atoms with Gasteiger partial charge in [0.1, 0.15) is 45.1 Å². The van der Waals surface area contributed by atoms with Crippen LogP contribution in [0, 0.1) is 0 Å². The van der Waals surface area contributed by atoms with Crippen LogP contribution in [0.5, 0.6) is 5.75 Å². The van der Waals surface area contributed by atoms with Crippen molar-refractivity contribution < 1.29 is 9.53 Å². The van der Waals surface area contributed by atoms with Crippen molar-refractivity contribution in [1.29, 1.82) is 0 Å². The molecule has 7 aromatic carbocycles. The minimum atomic E-state index is 0.804. The van der Waals surface area contributed by atoms with E-state index in [9.17, 15) is 4.79 Å². The summed E-state index contributed by atoms with van der Waals surface area (Å²) in [6, 6.07) is 34.9. The predicted molar refractivity (Wildman–Crippen MR) is 367 cm³/mol. The number of benzene rings is 7. The zero-order valence-electron chi connectivity index (χ0n) is 50.0. The van der Waals surface area contributed by atoms with Crippen LogP contribution in [-0.2, 0) is 38.5 Å². The van der Waals surface area contributed by atoms with Crippen LogP contribution in [0.25, 0.3) is 106 Å². The Kier molecular flexibility index (Phi) is 20.6. The molecule has 0 aliphatic carbocycles. The van der Waals surface area contributed by atoms with Crippen LogP contribution in [0.1, 0.15) is 191 Å². The van der Waals surface area contributed by atoms with E-state index >= 15 is 0 Å². The lowest BCUT2D eigenvalue weighted by molar-refractivity contribution is 0.112. The molecule has 0 saturated heterocycles. The molecule has 8 nitrogen and oxygen atoms in total. The van der Waals surface area contributed by atoms with Gasteiger partial charge in [0.2, 0.25) is 0 Å². The first-order chi connectivity index (χ1) is 41.8. The molecule has 0 radical (unpaired) electrons. The van der Waals surface area contributed by atoms with Crippen LogP contribution >= 0.6 is 35.2 Å². The number of aryl methyl sites for hydroxylation is 6. The number of ether oxygens (including phenoxy) is 1. The van der Waals surface area contributed by atoms with Crippen LogP contribution in [-0.4, -0.2) is 39.6 Å². The van der Waals surface area contributed by atoms with Gasteiger partial charge in [0.25, 0.3) is 0 Å². The number of methoxy groups -OCH3 is 1. The second-order valence-electron chi connectivity index (χ2n) is 21.8. The van der Waals surface area contributed by atoms with Crippen LogP contribution in [0.15, 0.2) is 97.1 Å². The first-order valence-electron chi connectivity index (χ1n) is 30.2. The monoisotopic (exact) mass is 1170 g/mol. The molecule has 0 saturated carbocycles. The van der Waals surface area contributed by atoms with Crippen LogP contribution < -0.4 is 4.74 Å². The summed E-state index contributed by atoms with van der Waals surface area (Å²) in [5.74, 6) is 0.839. The molecule has 0 spiro atoms. The third-order valence-electron chi connectivity index (χ3n) is 15.7. The third kappa shape index (κ3) is 14.2. The van der Waals surface area contributed by atoms with Gasteiger partial charge in [-0.05, 0) is 123 Å². The Labute approximate surface area is 514 Å². The molecule has 11 heteroatoms. The summed E-state index contributed by atoms with van der Waals surface area (Å²) in [7, 11) is 1.68. The van der Waals surface area contributed by atoms with E-state index in [1.807, 2.05) is 24.3 Å². The minimum absolute atomic E-state index is 0.804. The molecule has 0 N–H and O–H groups in total. The van der Waals surface area contributed by atoms with Gasteiger partial charge >= 0.3 is 0 Å². The highest BCUT2D eigenvalue weighted by Crippen LogP contribution is 2.33. The van der Waals surface area contributed by atoms with Gasteiger partial charge in [0, 0.05) is 38.9 Å². The Morgan fingerprint density at radius 2 is 0.529 bits per heavy atom. The average Bonchev–Trinajstić information content (AvgIpc) is 4.19. The molecule has 0 bridgehead atoms. The van der Waals surface area contributed by atoms with E-state index in [-0.39, 0.29) is 0 Å². The number of nitrogens with zero attached hydrogens (tertiary/aromatic N) is 6. The van der Waals surface area contributed by atoms with Gasteiger partial charge in [-0.2, -0.15) is 26.2 Å². The molecule has 0 atom stereocenters. The summed E-state index contributed by atoms with van der Waals surface area (Å²) in [6.07, 6.45) is 39.3. The zero-order chi connectivity index (χ0) is 59.1. The van der Waals surface area contributed by atoms with Gasteiger partial charge in [-0.15, -0.1) is 0 Å². The van der Waals surface area contributed by atoms with Gasteiger partial charge in [-0.3, -0.25) is 4.79 Å². The van der Waals surface area contributed by atoms with Crippen LogP contribution in [0.4, 0.5) is 0 Å². The third-order valence-corrected chi connectivity index (χ3v) is 17.2. The van der Waals surface area contributed by atoms with Gasteiger partial charge in [-0.25, -0.2) is 0 Å². The summed E-state index contributed by atoms with van der Waals surface area (Å²) in [6.45, 7) is 13.3. The Hall–Kier alpha value is -8.09. The molecule has 10 aromatic rings. The van der Waals surface area contributed by atoms with E-state index in [4.69, 9.17) is 31.0 Å². The number of hydrogen-bond donors (Lipinski definition) is 0. The first kappa shape index (κ1) is 60.0. The lowest BCUT2D eigenvalue weighted by Gasteiger charge is -2.13. The van der Waals surface area contributed by atoms with E-state index in [0.29, 0.717) is 0 Å². The van der Waals surface area contributed by atoms with E-state index in [2.05, 4.69) is 187 Å². The minimum Gasteiger partial charge on any atom is -0.497 e. The van der Waals surface area contributed by atoms with Crippen molar-refractivity contribution in [3.05, 3.63) is 203 Å². The molecule has 0 fully saturated rings. The lowest BCUT2D eigenvalue weighted by atomic mass is 9.92. The molecule has 10 rings (SSSR count). The second kappa shape index (κ2) is 29.1. The molecule has 0 aliphatic rings. The number of fused-ring (bicyclic) bond motifs is 3. The molecular formula is C74H74N6O2S3. The lowest BCUT2D eigenvalue weighted by Crippen LogP contribution is -1.98. The van der Waals surface area contributed by atoms with E-state index in [1.54, 1.807) is 7.11 Å². The summed E-state index contributed by atoms with van der Waals surface area (Å²) in [4.78, 5) is 12.0. The SMILES string of the molecule is CCCc1cc(/C=C/c2ccc(/C=C/c3cc(CCC)c(/C=C/c4ccc(/C=C/c5cc(CCC)c(/C=C/c6ccc(/C=C/c7ccc(OC)cc7)c7nsnc67)cc5CCC)c5nsnc45)cc3CCC)c3nsnc23)c(CCC)cc1C=O. The first-order valence-corrected chi connectivity index (χ1v) is 32.4. The quantitative estimate of drug-likeness (QED) is 0.0390. The van der Waals surface area contributed by atoms with E-state index in [1.165, 1.54) is 85.3 Å².